The zero-order chi connectivity index (χ0) is 12.3. The van der Waals surface area contributed by atoms with Crippen molar-refractivity contribution in [2.45, 2.75) is 13.5 Å². The van der Waals surface area contributed by atoms with E-state index >= 15 is 0 Å². The molecule has 5 nitrogen and oxygen atoms in total. The van der Waals surface area contributed by atoms with Gasteiger partial charge in [-0.15, -0.1) is 11.3 Å². The Labute approximate surface area is 101 Å². The van der Waals surface area contributed by atoms with Gasteiger partial charge in [0, 0.05) is 18.5 Å². The molecule has 0 N–H and O–H groups in total. The van der Waals surface area contributed by atoms with Crippen molar-refractivity contribution in [1.29, 1.82) is 0 Å². The maximum atomic E-state index is 11.8. The third kappa shape index (κ3) is 2.79. The van der Waals surface area contributed by atoms with Gasteiger partial charge >= 0.3 is 0 Å². The number of amides is 1. The van der Waals surface area contributed by atoms with Gasteiger partial charge in [-0.25, -0.2) is 0 Å². The van der Waals surface area contributed by atoms with Crippen LogP contribution in [0.4, 0.5) is 0 Å². The van der Waals surface area contributed by atoms with Gasteiger partial charge < -0.3 is 8.98 Å². The summed E-state index contributed by atoms with van der Waals surface area (Å²) in [7, 11) is 0. The van der Waals surface area contributed by atoms with Crippen molar-refractivity contribution in [2.24, 2.45) is 4.99 Å². The number of hydrogen-bond acceptors (Lipinski definition) is 4. The fourth-order valence-electron chi connectivity index (χ4n) is 1.31. The van der Waals surface area contributed by atoms with E-state index in [9.17, 15) is 9.59 Å². The molecule has 6 heteroatoms. The van der Waals surface area contributed by atoms with E-state index < -0.39 is 0 Å². The summed E-state index contributed by atoms with van der Waals surface area (Å²) in [6, 6.07) is 3.27. The number of rotatable bonds is 3. The number of hydrogen-bond donors (Lipinski definition) is 0. The number of furan rings is 1. The molecule has 2 heterocycles. The SMILES string of the molecule is CC(=O)N=c1sccn1CC(=O)c1ccco1. The minimum atomic E-state index is -0.286. The lowest BCUT2D eigenvalue weighted by Gasteiger charge is -1.99. The summed E-state index contributed by atoms with van der Waals surface area (Å²) >= 11 is 1.31. The van der Waals surface area contributed by atoms with Gasteiger partial charge in [-0.05, 0) is 12.1 Å². The number of thiazole rings is 1. The molecule has 2 aromatic heterocycles. The van der Waals surface area contributed by atoms with Crippen molar-refractivity contribution in [1.82, 2.24) is 4.57 Å². The Morgan fingerprint density at radius 2 is 2.35 bits per heavy atom. The van der Waals surface area contributed by atoms with Crippen molar-refractivity contribution >= 4 is 23.0 Å². The molecule has 0 saturated carbocycles. The number of carbonyl (C=O) groups excluding carboxylic acids is 2. The molecule has 1 amide bonds. The van der Waals surface area contributed by atoms with Crippen molar-refractivity contribution in [3.8, 4) is 0 Å². The third-order valence-electron chi connectivity index (χ3n) is 2.02. The van der Waals surface area contributed by atoms with Crippen LogP contribution in [0.25, 0.3) is 0 Å². The Kier molecular flexibility index (Phi) is 3.34. The molecule has 0 radical (unpaired) electrons. The summed E-state index contributed by atoms with van der Waals surface area (Å²) < 4.78 is 6.63. The standard InChI is InChI=1S/C11H10N2O3S/c1-8(14)12-11-13(4-6-17-11)7-9(15)10-3-2-5-16-10/h2-6H,7H2,1H3. The van der Waals surface area contributed by atoms with Crippen LogP contribution in [-0.4, -0.2) is 16.3 Å². The minimum Gasteiger partial charge on any atom is -0.461 e. The second kappa shape index (κ2) is 4.92. The first-order chi connectivity index (χ1) is 8.16. The normalized spacial score (nSPS) is 11.7. The lowest BCUT2D eigenvalue weighted by atomic mass is 10.3. The van der Waals surface area contributed by atoms with Crippen LogP contribution in [0.5, 0.6) is 0 Å². The average molecular weight is 250 g/mol. The summed E-state index contributed by atoms with van der Waals surface area (Å²) in [6.07, 6.45) is 3.17. The molecular formula is C11H10N2O3S. The zero-order valence-corrected chi connectivity index (χ0v) is 9.94. The van der Waals surface area contributed by atoms with E-state index in [4.69, 9.17) is 4.42 Å². The van der Waals surface area contributed by atoms with Gasteiger partial charge in [0.2, 0.25) is 11.7 Å². The first kappa shape index (κ1) is 11.5. The highest BCUT2D eigenvalue weighted by Crippen LogP contribution is 2.03. The van der Waals surface area contributed by atoms with Crippen molar-refractivity contribution < 1.29 is 14.0 Å². The van der Waals surface area contributed by atoms with Crippen LogP contribution in [0.1, 0.15) is 17.5 Å². The van der Waals surface area contributed by atoms with Gasteiger partial charge in [0.05, 0.1) is 12.8 Å². The second-order valence-corrected chi connectivity index (χ2v) is 4.22. The van der Waals surface area contributed by atoms with E-state index in [-0.39, 0.29) is 18.2 Å². The van der Waals surface area contributed by atoms with E-state index in [2.05, 4.69) is 4.99 Å². The maximum Gasteiger partial charge on any atom is 0.245 e. The van der Waals surface area contributed by atoms with Crippen molar-refractivity contribution in [3.05, 3.63) is 40.5 Å². The van der Waals surface area contributed by atoms with Crippen molar-refractivity contribution in [3.63, 3.8) is 0 Å². The summed E-state index contributed by atoms with van der Waals surface area (Å²) in [5.74, 6) is -0.137. The van der Waals surface area contributed by atoms with Gasteiger partial charge in [0.1, 0.15) is 0 Å². The summed E-state index contributed by atoms with van der Waals surface area (Å²) in [5.41, 5.74) is 0. The molecule has 0 aliphatic heterocycles. The Hall–Kier alpha value is -1.95. The Bertz CT molecular complexity index is 592. The Morgan fingerprint density at radius 3 is 3.00 bits per heavy atom. The van der Waals surface area contributed by atoms with E-state index in [1.807, 2.05) is 0 Å². The second-order valence-electron chi connectivity index (χ2n) is 3.34. The fraction of sp³-hybridized carbons (Fsp3) is 0.182. The van der Waals surface area contributed by atoms with Crippen LogP contribution in [0.3, 0.4) is 0 Å². The van der Waals surface area contributed by atoms with E-state index in [0.29, 0.717) is 10.6 Å². The van der Waals surface area contributed by atoms with Gasteiger partial charge in [-0.3, -0.25) is 9.59 Å². The quantitative estimate of drug-likeness (QED) is 0.775. The lowest BCUT2D eigenvalue weighted by Crippen LogP contribution is -2.20. The first-order valence-electron chi connectivity index (χ1n) is 4.93. The van der Waals surface area contributed by atoms with Crippen LogP contribution >= 0.6 is 11.3 Å². The third-order valence-corrected chi connectivity index (χ3v) is 2.82. The predicted molar refractivity (Wildman–Crippen MR) is 61.6 cm³/mol. The molecule has 0 aliphatic carbocycles. The minimum absolute atomic E-state index is 0.114. The Morgan fingerprint density at radius 1 is 1.53 bits per heavy atom. The topological polar surface area (TPSA) is 64.6 Å². The number of ketones is 1. The first-order valence-corrected chi connectivity index (χ1v) is 5.81. The largest absolute Gasteiger partial charge is 0.461 e. The van der Waals surface area contributed by atoms with E-state index in [1.165, 1.54) is 24.5 Å². The summed E-state index contributed by atoms with van der Waals surface area (Å²) in [5, 5.41) is 1.77. The van der Waals surface area contributed by atoms with Crippen LogP contribution in [-0.2, 0) is 11.3 Å². The molecule has 2 rings (SSSR count). The van der Waals surface area contributed by atoms with Crippen LogP contribution in [0.15, 0.2) is 39.4 Å². The van der Waals surface area contributed by atoms with E-state index in [0.717, 1.165) is 0 Å². The van der Waals surface area contributed by atoms with Crippen molar-refractivity contribution in [2.75, 3.05) is 0 Å². The smallest absolute Gasteiger partial charge is 0.245 e. The van der Waals surface area contributed by atoms with Crippen LogP contribution in [0, 0.1) is 0 Å². The lowest BCUT2D eigenvalue weighted by molar-refractivity contribution is -0.116. The molecule has 0 aromatic carbocycles. The number of Topliss-reactive ketones (excluding diaryl/α,β-unsaturated/α-hetero) is 1. The number of aromatic nitrogens is 1. The van der Waals surface area contributed by atoms with E-state index in [1.54, 1.807) is 28.3 Å². The molecule has 88 valence electrons. The highest BCUT2D eigenvalue weighted by Gasteiger charge is 2.10. The Balaban J connectivity index is 2.23. The van der Waals surface area contributed by atoms with Gasteiger partial charge in [-0.2, -0.15) is 4.99 Å². The highest BCUT2D eigenvalue weighted by molar-refractivity contribution is 7.07. The van der Waals surface area contributed by atoms with Gasteiger partial charge in [0.25, 0.3) is 0 Å². The molecule has 2 aromatic rings. The van der Waals surface area contributed by atoms with Crippen LogP contribution in [0.2, 0.25) is 0 Å². The molecule has 0 atom stereocenters. The molecule has 17 heavy (non-hydrogen) atoms. The highest BCUT2D eigenvalue weighted by atomic mass is 32.1. The van der Waals surface area contributed by atoms with Crippen LogP contribution < -0.4 is 4.80 Å². The molecule has 0 unspecified atom stereocenters. The summed E-state index contributed by atoms with van der Waals surface area (Å²) in [6.45, 7) is 1.49. The average Bonchev–Trinajstić information content (AvgIpc) is 2.89. The molecule has 0 fully saturated rings. The van der Waals surface area contributed by atoms with Gasteiger partial charge in [-0.1, -0.05) is 0 Å². The molecule has 0 bridgehead atoms. The fourth-order valence-corrected chi connectivity index (χ4v) is 2.08. The molecular weight excluding hydrogens is 240 g/mol. The summed E-state index contributed by atoms with van der Waals surface area (Å²) in [4.78, 5) is 27.0. The van der Waals surface area contributed by atoms with Gasteiger partial charge in [0.15, 0.2) is 10.6 Å². The zero-order valence-electron chi connectivity index (χ0n) is 9.12. The maximum absolute atomic E-state index is 11.8. The monoisotopic (exact) mass is 250 g/mol. The molecule has 0 spiro atoms. The predicted octanol–water partition coefficient (Wildman–Crippen LogP) is 1.47. The molecule has 0 saturated heterocycles. The molecule has 0 aliphatic rings. The number of nitrogens with zero attached hydrogens (tertiary/aromatic N) is 2. The number of carbonyl (C=O) groups is 2.